The first-order valence-corrected chi connectivity index (χ1v) is 4.58. The van der Waals surface area contributed by atoms with Gasteiger partial charge in [-0.1, -0.05) is 12.1 Å². The van der Waals surface area contributed by atoms with E-state index in [1.54, 1.807) is 14.2 Å². The number of benzene rings is 1. The van der Waals surface area contributed by atoms with Crippen molar-refractivity contribution in [3.63, 3.8) is 0 Å². The molecular formula is C10H13ClO2. The van der Waals surface area contributed by atoms with E-state index in [0.717, 1.165) is 11.3 Å². The lowest BCUT2D eigenvalue weighted by Crippen LogP contribution is -2.02. The average molecular weight is 201 g/mol. The smallest absolute Gasteiger partial charge is 0.118 e. The molecule has 1 aromatic rings. The van der Waals surface area contributed by atoms with Gasteiger partial charge in [-0.2, -0.15) is 0 Å². The van der Waals surface area contributed by atoms with Gasteiger partial charge in [0, 0.05) is 7.11 Å². The SMILES string of the molecule is COc1ccc([C@@H](CCl)OC)cc1. The first-order valence-electron chi connectivity index (χ1n) is 4.04. The minimum Gasteiger partial charge on any atom is -0.497 e. The monoisotopic (exact) mass is 200 g/mol. The standard InChI is InChI=1S/C10H13ClO2/c1-12-9-5-3-8(4-6-9)10(7-11)13-2/h3-6,10H,7H2,1-2H3/t10-/m1/s1. The van der Waals surface area contributed by atoms with Crippen LogP contribution in [0.2, 0.25) is 0 Å². The third kappa shape index (κ3) is 2.61. The maximum atomic E-state index is 5.72. The van der Waals surface area contributed by atoms with E-state index < -0.39 is 0 Å². The summed E-state index contributed by atoms with van der Waals surface area (Å²) < 4.78 is 10.2. The molecule has 2 nitrogen and oxygen atoms in total. The van der Waals surface area contributed by atoms with Crippen LogP contribution in [0.3, 0.4) is 0 Å². The predicted octanol–water partition coefficient (Wildman–Crippen LogP) is 2.62. The van der Waals surface area contributed by atoms with Crippen molar-refractivity contribution in [2.75, 3.05) is 20.1 Å². The number of rotatable bonds is 4. The van der Waals surface area contributed by atoms with Crippen LogP contribution in [0.15, 0.2) is 24.3 Å². The molecule has 0 saturated carbocycles. The molecule has 0 N–H and O–H groups in total. The van der Waals surface area contributed by atoms with Crippen LogP contribution in [0.4, 0.5) is 0 Å². The minimum absolute atomic E-state index is 0.0347. The molecule has 0 unspecified atom stereocenters. The lowest BCUT2D eigenvalue weighted by atomic mass is 10.1. The Kier molecular flexibility index (Phi) is 4.06. The van der Waals surface area contributed by atoms with Crippen molar-refractivity contribution in [1.82, 2.24) is 0 Å². The fraction of sp³-hybridized carbons (Fsp3) is 0.400. The van der Waals surface area contributed by atoms with E-state index in [1.807, 2.05) is 24.3 Å². The Morgan fingerprint density at radius 1 is 1.23 bits per heavy atom. The maximum absolute atomic E-state index is 5.72. The molecule has 0 spiro atoms. The normalized spacial score (nSPS) is 12.5. The summed E-state index contributed by atoms with van der Waals surface area (Å²) in [7, 11) is 3.29. The fourth-order valence-electron chi connectivity index (χ4n) is 1.11. The number of ether oxygens (including phenoxy) is 2. The summed E-state index contributed by atoms with van der Waals surface area (Å²) in [6.45, 7) is 0. The van der Waals surface area contributed by atoms with Crippen LogP contribution in [0.25, 0.3) is 0 Å². The summed E-state index contributed by atoms with van der Waals surface area (Å²) in [6, 6.07) is 7.70. The van der Waals surface area contributed by atoms with Crippen LogP contribution in [0, 0.1) is 0 Å². The first kappa shape index (κ1) is 10.4. The zero-order valence-electron chi connectivity index (χ0n) is 7.79. The lowest BCUT2D eigenvalue weighted by molar-refractivity contribution is 0.122. The van der Waals surface area contributed by atoms with Gasteiger partial charge in [0.25, 0.3) is 0 Å². The molecule has 0 fully saturated rings. The molecule has 0 aliphatic carbocycles. The van der Waals surface area contributed by atoms with Crippen LogP contribution in [0.1, 0.15) is 11.7 Å². The van der Waals surface area contributed by atoms with Gasteiger partial charge in [0.05, 0.1) is 19.1 Å². The highest BCUT2D eigenvalue weighted by Crippen LogP contribution is 2.20. The molecule has 0 heterocycles. The summed E-state index contributed by atoms with van der Waals surface area (Å²) >= 11 is 5.72. The van der Waals surface area contributed by atoms with Crippen molar-refractivity contribution < 1.29 is 9.47 Å². The Hall–Kier alpha value is -0.730. The Morgan fingerprint density at radius 2 is 1.85 bits per heavy atom. The van der Waals surface area contributed by atoms with E-state index in [4.69, 9.17) is 21.1 Å². The second kappa shape index (κ2) is 5.10. The highest BCUT2D eigenvalue weighted by Gasteiger charge is 2.07. The van der Waals surface area contributed by atoms with Gasteiger partial charge in [-0.3, -0.25) is 0 Å². The summed E-state index contributed by atoms with van der Waals surface area (Å²) in [5.74, 6) is 1.30. The molecule has 3 heteroatoms. The van der Waals surface area contributed by atoms with E-state index in [-0.39, 0.29) is 6.10 Å². The number of methoxy groups -OCH3 is 2. The van der Waals surface area contributed by atoms with Gasteiger partial charge in [-0.15, -0.1) is 11.6 Å². The van der Waals surface area contributed by atoms with Crippen molar-refractivity contribution in [1.29, 1.82) is 0 Å². The molecule has 1 rings (SSSR count). The van der Waals surface area contributed by atoms with Crippen molar-refractivity contribution >= 4 is 11.6 Å². The molecule has 0 radical (unpaired) electrons. The van der Waals surface area contributed by atoms with Gasteiger partial charge in [-0.05, 0) is 17.7 Å². The highest BCUT2D eigenvalue weighted by molar-refractivity contribution is 6.18. The first-order chi connectivity index (χ1) is 6.31. The Balaban J connectivity index is 2.78. The number of halogens is 1. The topological polar surface area (TPSA) is 18.5 Å². The van der Waals surface area contributed by atoms with Crippen molar-refractivity contribution in [3.8, 4) is 5.75 Å². The Labute approximate surface area is 83.4 Å². The molecule has 0 saturated heterocycles. The predicted molar refractivity (Wildman–Crippen MR) is 53.5 cm³/mol. The lowest BCUT2D eigenvalue weighted by Gasteiger charge is -2.12. The molecule has 72 valence electrons. The van der Waals surface area contributed by atoms with Gasteiger partial charge in [0.2, 0.25) is 0 Å². The molecule has 1 aromatic carbocycles. The zero-order chi connectivity index (χ0) is 9.68. The largest absolute Gasteiger partial charge is 0.497 e. The average Bonchev–Trinajstić information content (AvgIpc) is 2.21. The van der Waals surface area contributed by atoms with Gasteiger partial charge >= 0.3 is 0 Å². The number of hydrogen-bond acceptors (Lipinski definition) is 2. The van der Waals surface area contributed by atoms with Crippen molar-refractivity contribution in [2.45, 2.75) is 6.10 Å². The third-order valence-electron chi connectivity index (χ3n) is 1.91. The molecule has 0 aliphatic heterocycles. The summed E-state index contributed by atoms with van der Waals surface area (Å²) in [5, 5.41) is 0. The van der Waals surface area contributed by atoms with E-state index in [2.05, 4.69) is 0 Å². The molecular weight excluding hydrogens is 188 g/mol. The van der Waals surface area contributed by atoms with Gasteiger partial charge in [0.1, 0.15) is 5.75 Å². The van der Waals surface area contributed by atoms with E-state index >= 15 is 0 Å². The van der Waals surface area contributed by atoms with Crippen LogP contribution in [-0.4, -0.2) is 20.1 Å². The number of alkyl halides is 1. The highest BCUT2D eigenvalue weighted by atomic mass is 35.5. The Bertz CT molecular complexity index is 242. The second-order valence-corrected chi connectivity index (χ2v) is 2.96. The quantitative estimate of drug-likeness (QED) is 0.696. The Morgan fingerprint density at radius 3 is 2.23 bits per heavy atom. The minimum atomic E-state index is -0.0347. The third-order valence-corrected chi connectivity index (χ3v) is 2.19. The van der Waals surface area contributed by atoms with Crippen LogP contribution in [0.5, 0.6) is 5.75 Å². The fourth-order valence-corrected chi connectivity index (χ4v) is 1.41. The van der Waals surface area contributed by atoms with E-state index in [9.17, 15) is 0 Å². The molecule has 1 atom stereocenters. The van der Waals surface area contributed by atoms with Gasteiger partial charge < -0.3 is 9.47 Å². The zero-order valence-corrected chi connectivity index (χ0v) is 8.54. The molecule has 0 bridgehead atoms. The van der Waals surface area contributed by atoms with Gasteiger partial charge in [0.15, 0.2) is 0 Å². The van der Waals surface area contributed by atoms with E-state index in [1.165, 1.54) is 0 Å². The molecule has 0 aromatic heterocycles. The summed E-state index contributed by atoms with van der Waals surface area (Å²) in [5.41, 5.74) is 1.07. The van der Waals surface area contributed by atoms with Gasteiger partial charge in [-0.25, -0.2) is 0 Å². The van der Waals surface area contributed by atoms with Crippen LogP contribution >= 0.6 is 11.6 Å². The molecule has 0 aliphatic rings. The van der Waals surface area contributed by atoms with Crippen LogP contribution in [-0.2, 0) is 4.74 Å². The van der Waals surface area contributed by atoms with E-state index in [0.29, 0.717) is 5.88 Å². The van der Waals surface area contributed by atoms with Crippen molar-refractivity contribution in [2.24, 2.45) is 0 Å². The number of hydrogen-bond donors (Lipinski definition) is 0. The summed E-state index contributed by atoms with van der Waals surface area (Å²) in [6.07, 6.45) is -0.0347. The van der Waals surface area contributed by atoms with Crippen molar-refractivity contribution in [3.05, 3.63) is 29.8 Å². The second-order valence-electron chi connectivity index (χ2n) is 2.65. The molecule has 13 heavy (non-hydrogen) atoms. The maximum Gasteiger partial charge on any atom is 0.118 e. The summed E-state index contributed by atoms with van der Waals surface area (Å²) in [4.78, 5) is 0. The molecule has 0 amide bonds. The van der Waals surface area contributed by atoms with Crippen LogP contribution < -0.4 is 4.74 Å².